The molecule has 3 heterocycles. The second kappa shape index (κ2) is 3.98. The molecule has 2 fully saturated rings. The van der Waals surface area contributed by atoms with Gasteiger partial charge >= 0.3 is 0 Å². The van der Waals surface area contributed by atoms with E-state index >= 15 is 0 Å². The molecule has 0 bridgehead atoms. The minimum atomic E-state index is 0.427. The zero-order chi connectivity index (χ0) is 11.9. The zero-order valence-electron chi connectivity index (χ0n) is 10.7. The molecule has 2 aliphatic rings. The van der Waals surface area contributed by atoms with Crippen LogP contribution >= 0.6 is 0 Å². The summed E-state index contributed by atoms with van der Waals surface area (Å²) in [5.41, 5.74) is 1.75. The van der Waals surface area contributed by atoms with Crippen LogP contribution < -0.4 is 10.2 Å². The fraction of sp³-hybridized carbons (Fsp3) is 0.643. The summed E-state index contributed by atoms with van der Waals surface area (Å²) in [6.45, 7) is 8.27. The number of hydrogen-bond acceptors (Lipinski definition) is 3. The fourth-order valence-corrected chi connectivity index (χ4v) is 3.30. The van der Waals surface area contributed by atoms with E-state index < -0.39 is 0 Å². The van der Waals surface area contributed by atoms with Crippen LogP contribution in [0.5, 0.6) is 0 Å². The van der Waals surface area contributed by atoms with Crippen molar-refractivity contribution >= 4 is 5.69 Å². The summed E-state index contributed by atoms with van der Waals surface area (Å²) in [6, 6.07) is 4.97. The van der Waals surface area contributed by atoms with Crippen molar-refractivity contribution in [2.24, 2.45) is 11.3 Å². The Balaban J connectivity index is 1.79. The highest BCUT2D eigenvalue weighted by Gasteiger charge is 2.44. The Kier molecular flexibility index (Phi) is 2.58. The van der Waals surface area contributed by atoms with Crippen LogP contribution in [0.15, 0.2) is 24.5 Å². The van der Waals surface area contributed by atoms with Crippen molar-refractivity contribution in [3.8, 4) is 0 Å². The molecule has 92 valence electrons. The topological polar surface area (TPSA) is 28.2 Å². The highest BCUT2D eigenvalue weighted by atomic mass is 15.2. The standard InChI is InChI=1S/C14H21N3/c1-14(2)10-16-13-5-8-17(9-12(13)14)11-3-6-15-7-4-11/h3-4,6-7,12-13,16H,5,8-10H2,1-2H3. The van der Waals surface area contributed by atoms with Crippen LogP contribution in [0.4, 0.5) is 5.69 Å². The molecule has 2 unspecified atom stereocenters. The first kappa shape index (κ1) is 11.0. The van der Waals surface area contributed by atoms with Gasteiger partial charge in [-0.05, 0) is 29.9 Å². The largest absolute Gasteiger partial charge is 0.371 e. The second-order valence-corrected chi connectivity index (χ2v) is 6.02. The monoisotopic (exact) mass is 231 g/mol. The third-order valence-corrected chi connectivity index (χ3v) is 4.46. The Labute approximate surface area is 103 Å². The first-order chi connectivity index (χ1) is 8.17. The van der Waals surface area contributed by atoms with Crippen LogP contribution in [-0.4, -0.2) is 30.7 Å². The Bertz CT molecular complexity index is 388. The molecule has 2 aliphatic heterocycles. The molecule has 3 heteroatoms. The number of fused-ring (bicyclic) bond motifs is 1. The zero-order valence-corrected chi connectivity index (χ0v) is 10.7. The smallest absolute Gasteiger partial charge is 0.0397 e. The Morgan fingerprint density at radius 1 is 1.35 bits per heavy atom. The molecular formula is C14H21N3. The molecule has 0 aromatic carbocycles. The van der Waals surface area contributed by atoms with Crippen molar-refractivity contribution in [2.45, 2.75) is 26.3 Å². The van der Waals surface area contributed by atoms with E-state index in [-0.39, 0.29) is 0 Å². The van der Waals surface area contributed by atoms with Gasteiger partial charge in [0.15, 0.2) is 0 Å². The van der Waals surface area contributed by atoms with Gasteiger partial charge in [-0.1, -0.05) is 13.8 Å². The Morgan fingerprint density at radius 3 is 2.88 bits per heavy atom. The van der Waals surface area contributed by atoms with Gasteiger partial charge in [-0.25, -0.2) is 0 Å². The number of nitrogens with one attached hydrogen (secondary N) is 1. The van der Waals surface area contributed by atoms with Gasteiger partial charge in [-0.15, -0.1) is 0 Å². The van der Waals surface area contributed by atoms with Crippen LogP contribution in [0.3, 0.4) is 0 Å². The quantitative estimate of drug-likeness (QED) is 0.800. The lowest BCUT2D eigenvalue weighted by Crippen LogP contribution is -2.47. The summed E-state index contributed by atoms with van der Waals surface area (Å²) in [7, 11) is 0. The van der Waals surface area contributed by atoms with E-state index in [1.807, 2.05) is 12.4 Å². The summed E-state index contributed by atoms with van der Waals surface area (Å²) in [5.74, 6) is 0.768. The van der Waals surface area contributed by atoms with Crippen molar-refractivity contribution in [1.29, 1.82) is 0 Å². The minimum Gasteiger partial charge on any atom is -0.371 e. The molecule has 0 radical (unpaired) electrons. The number of pyridine rings is 1. The Morgan fingerprint density at radius 2 is 2.12 bits per heavy atom. The van der Waals surface area contributed by atoms with E-state index in [1.54, 1.807) is 0 Å². The molecule has 0 spiro atoms. The van der Waals surface area contributed by atoms with E-state index in [2.05, 4.69) is 41.2 Å². The first-order valence-electron chi connectivity index (χ1n) is 6.55. The van der Waals surface area contributed by atoms with E-state index in [4.69, 9.17) is 0 Å². The molecule has 3 nitrogen and oxygen atoms in total. The number of piperidine rings is 1. The summed E-state index contributed by atoms with van der Waals surface area (Å²) in [4.78, 5) is 6.61. The fourth-order valence-electron chi connectivity index (χ4n) is 3.30. The highest BCUT2D eigenvalue weighted by Crippen LogP contribution is 2.39. The molecule has 1 aromatic heterocycles. The molecule has 1 aromatic rings. The minimum absolute atomic E-state index is 0.427. The summed E-state index contributed by atoms with van der Waals surface area (Å²) >= 11 is 0. The number of aromatic nitrogens is 1. The van der Waals surface area contributed by atoms with Crippen LogP contribution in [-0.2, 0) is 0 Å². The lowest BCUT2D eigenvalue weighted by Gasteiger charge is -2.40. The Hall–Kier alpha value is -1.09. The molecule has 0 aliphatic carbocycles. The van der Waals surface area contributed by atoms with Gasteiger partial charge in [0.25, 0.3) is 0 Å². The normalized spacial score (nSPS) is 31.3. The van der Waals surface area contributed by atoms with Gasteiger partial charge in [0.05, 0.1) is 0 Å². The SMILES string of the molecule is CC1(C)CNC2CCN(c3ccncc3)CC21. The van der Waals surface area contributed by atoms with Crippen molar-refractivity contribution in [2.75, 3.05) is 24.5 Å². The maximum atomic E-state index is 4.10. The van der Waals surface area contributed by atoms with E-state index in [0.717, 1.165) is 25.0 Å². The third kappa shape index (κ3) is 1.93. The maximum absolute atomic E-state index is 4.10. The van der Waals surface area contributed by atoms with E-state index in [9.17, 15) is 0 Å². The van der Waals surface area contributed by atoms with Gasteiger partial charge in [-0.3, -0.25) is 4.98 Å². The third-order valence-electron chi connectivity index (χ3n) is 4.46. The van der Waals surface area contributed by atoms with Crippen molar-refractivity contribution < 1.29 is 0 Å². The lowest BCUT2D eigenvalue weighted by molar-refractivity contribution is 0.237. The molecule has 3 rings (SSSR count). The lowest BCUT2D eigenvalue weighted by atomic mass is 9.76. The molecule has 2 atom stereocenters. The average Bonchev–Trinajstić information content (AvgIpc) is 2.66. The number of hydrogen-bond donors (Lipinski definition) is 1. The van der Waals surface area contributed by atoms with Crippen LogP contribution in [0.2, 0.25) is 0 Å². The number of nitrogens with zero attached hydrogens (tertiary/aromatic N) is 2. The molecular weight excluding hydrogens is 210 g/mol. The van der Waals surface area contributed by atoms with Gasteiger partial charge in [-0.2, -0.15) is 0 Å². The first-order valence-corrected chi connectivity index (χ1v) is 6.55. The van der Waals surface area contributed by atoms with Crippen LogP contribution in [0, 0.1) is 11.3 Å². The predicted octanol–water partition coefficient (Wildman–Crippen LogP) is 1.91. The molecule has 0 amide bonds. The predicted molar refractivity (Wildman–Crippen MR) is 70.1 cm³/mol. The number of rotatable bonds is 1. The van der Waals surface area contributed by atoms with Gasteiger partial charge < -0.3 is 10.2 Å². The van der Waals surface area contributed by atoms with E-state index in [0.29, 0.717) is 5.41 Å². The summed E-state index contributed by atoms with van der Waals surface area (Å²) in [5, 5.41) is 3.68. The second-order valence-electron chi connectivity index (χ2n) is 6.02. The van der Waals surface area contributed by atoms with Crippen LogP contribution in [0.1, 0.15) is 20.3 Å². The highest BCUT2D eigenvalue weighted by molar-refractivity contribution is 5.45. The van der Waals surface area contributed by atoms with Crippen molar-refractivity contribution in [3.05, 3.63) is 24.5 Å². The maximum Gasteiger partial charge on any atom is 0.0397 e. The van der Waals surface area contributed by atoms with E-state index in [1.165, 1.54) is 18.7 Å². The van der Waals surface area contributed by atoms with Gasteiger partial charge in [0, 0.05) is 43.8 Å². The molecule has 17 heavy (non-hydrogen) atoms. The summed E-state index contributed by atoms with van der Waals surface area (Å²) < 4.78 is 0. The van der Waals surface area contributed by atoms with Crippen LogP contribution in [0.25, 0.3) is 0 Å². The van der Waals surface area contributed by atoms with Gasteiger partial charge in [0.2, 0.25) is 0 Å². The molecule has 2 saturated heterocycles. The number of anilines is 1. The molecule has 0 saturated carbocycles. The summed E-state index contributed by atoms with van der Waals surface area (Å²) in [6.07, 6.45) is 5.04. The van der Waals surface area contributed by atoms with Crippen molar-refractivity contribution in [3.63, 3.8) is 0 Å². The van der Waals surface area contributed by atoms with Crippen molar-refractivity contribution in [1.82, 2.24) is 10.3 Å². The van der Waals surface area contributed by atoms with Gasteiger partial charge in [0.1, 0.15) is 0 Å². The molecule has 1 N–H and O–H groups in total. The average molecular weight is 231 g/mol.